The number of oxazole rings is 1. The minimum Gasteiger partial charge on any atom is -0.436 e. The molecule has 1 N–H and O–H groups in total. The van der Waals surface area contributed by atoms with Crippen molar-refractivity contribution in [2.45, 2.75) is 6.42 Å². The number of hydrogen-bond donors (Lipinski definition) is 1. The lowest BCUT2D eigenvalue weighted by atomic mass is 10.4. The molecule has 1 aromatic rings. The molecule has 0 saturated carbocycles. The number of nitrogens with zero attached hydrogens (tertiary/aromatic N) is 1. The van der Waals surface area contributed by atoms with Crippen molar-refractivity contribution in [2.24, 2.45) is 0 Å². The fraction of sp³-hybridized carbons (Fsp3) is 0.400. The molecule has 0 aromatic carbocycles. The van der Waals surface area contributed by atoms with E-state index in [4.69, 9.17) is 9.52 Å². The highest BCUT2D eigenvalue weighted by Gasteiger charge is 1.97. The maximum Gasteiger partial charge on any atom is 0.264 e. The average Bonchev–Trinajstić information content (AvgIpc) is 2.17. The first kappa shape index (κ1) is 6.77. The summed E-state index contributed by atoms with van der Waals surface area (Å²) in [5.74, 6) is 0.698. The van der Waals surface area contributed by atoms with Crippen LogP contribution in [0.25, 0.3) is 0 Å². The zero-order chi connectivity index (χ0) is 6.69. The third kappa shape index (κ3) is 1.80. The molecule has 1 heterocycles. The van der Waals surface area contributed by atoms with Crippen LogP contribution in [0.5, 0.6) is 0 Å². The van der Waals surface area contributed by atoms with E-state index < -0.39 is 0 Å². The number of hydrogen-bond acceptors (Lipinski definition) is 3. The zero-order valence-corrected chi connectivity index (χ0v) is 6.26. The van der Waals surface area contributed by atoms with Crippen LogP contribution in [0, 0.1) is 0 Å². The van der Waals surface area contributed by atoms with E-state index >= 15 is 0 Å². The second-order valence-corrected chi connectivity index (χ2v) is 2.23. The first-order valence-electron chi connectivity index (χ1n) is 2.54. The van der Waals surface area contributed by atoms with Crippen LogP contribution in [-0.2, 0) is 6.42 Å². The van der Waals surface area contributed by atoms with Crippen molar-refractivity contribution < 1.29 is 9.52 Å². The quantitative estimate of drug-likeness (QED) is 0.759. The third-order valence-electron chi connectivity index (χ3n) is 0.884. The molecular formula is C5H6BrNO2. The molecule has 0 aliphatic carbocycles. The SMILES string of the molecule is OCCc1cnc(Br)o1. The van der Waals surface area contributed by atoms with Crippen LogP contribution < -0.4 is 0 Å². The number of rotatable bonds is 2. The lowest BCUT2D eigenvalue weighted by Gasteiger charge is -1.85. The van der Waals surface area contributed by atoms with Gasteiger partial charge in [0.15, 0.2) is 0 Å². The van der Waals surface area contributed by atoms with Gasteiger partial charge in [-0.2, -0.15) is 0 Å². The summed E-state index contributed by atoms with van der Waals surface area (Å²) in [5.41, 5.74) is 0. The number of halogens is 1. The van der Waals surface area contributed by atoms with Gasteiger partial charge in [0.05, 0.1) is 12.8 Å². The minimum atomic E-state index is 0.0988. The van der Waals surface area contributed by atoms with Crippen molar-refractivity contribution in [2.75, 3.05) is 6.61 Å². The summed E-state index contributed by atoms with van der Waals surface area (Å²) in [6.07, 6.45) is 2.11. The van der Waals surface area contributed by atoms with E-state index in [-0.39, 0.29) is 6.61 Å². The predicted octanol–water partition coefficient (Wildman–Crippen LogP) is 0.972. The Morgan fingerprint density at radius 2 is 2.56 bits per heavy atom. The summed E-state index contributed by atoms with van der Waals surface area (Å²) in [4.78, 5) is 4.24. The standard InChI is InChI=1S/C5H6BrNO2/c6-5-7-3-4(9-5)1-2-8/h3,8H,1-2H2. The molecule has 0 unspecified atom stereocenters. The van der Waals surface area contributed by atoms with Crippen molar-refractivity contribution in [3.8, 4) is 0 Å². The first-order valence-corrected chi connectivity index (χ1v) is 3.33. The second kappa shape index (κ2) is 2.98. The van der Waals surface area contributed by atoms with Gasteiger partial charge in [-0.1, -0.05) is 0 Å². The van der Waals surface area contributed by atoms with Gasteiger partial charge < -0.3 is 9.52 Å². The van der Waals surface area contributed by atoms with Crippen LogP contribution in [0.3, 0.4) is 0 Å². The molecule has 0 aliphatic heterocycles. The van der Waals surface area contributed by atoms with Gasteiger partial charge in [0, 0.05) is 22.4 Å². The van der Waals surface area contributed by atoms with Crippen LogP contribution in [0.1, 0.15) is 5.76 Å². The Balaban J connectivity index is 2.61. The zero-order valence-electron chi connectivity index (χ0n) is 4.67. The van der Waals surface area contributed by atoms with E-state index in [2.05, 4.69) is 20.9 Å². The van der Waals surface area contributed by atoms with Gasteiger partial charge in [-0.25, -0.2) is 4.98 Å². The Morgan fingerprint density at radius 3 is 3.00 bits per heavy atom. The summed E-state index contributed by atoms with van der Waals surface area (Å²) in [7, 11) is 0. The fourth-order valence-electron chi connectivity index (χ4n) is 0.509. The minimum absolute atomic E-state index is 0.0988. The molecule has 9 heavy (non-hydrogen) atoms. The third-order valence-corrected chi connectivity index (χ3v) is 1.25. The maximum atomic E-state index is 8.43. The van der Waals surface area contributed by atoms with Crippen molar-refractivity contribution >= 4 is 15.9 Å². The van der Waals surface area contributed by atoms with E-state index in [1.165, 1.54) is 0 Å². The molecule has 0 radical (unpaired) electrons. The Hall–Kier alpha value is -0.350. The average molecular weight is 192 g/mol. The normalized spacial score (nSPS) is 10.0. The van der Waals surface area contributed by atoms with E-state index in [0.29, 0.717) is 17.0 Å². The molecule has 3 nitrogen and oxygen atoms in total. The first-order chi connectivity index (χ1) is 4.33. The number of aliphatic hydroxyl groups is 1. The molecule has 1 rings (SSSR count). The van der Waals surface area contributed by atoms with Crippen molar-refractivity contribution in [1.29, 1.82) is 0 Å². The number of aliphatic hydroxyl groups excluding tert-OH is 1. The van der Waals surface area contributed by atoms with Gasteiger partial charge in [0.25, 0.3) is 4.80 Å². The highest BCUT2D eigenvalue weighted by atomic mass is 79.9. The van der Waals surface area contributed by atoms with E-state index in [1.807, 2.05) is 0 Å². The van der Waals surface area contributed by atoms with E-state index in [9.17, 15) is 0 Å². The number of aromatic nitrogens is 1. The lowest BCUT2D eigenvalue weighted by molar-refractivity contribution is 0.286. The van der Waals surface area contributed by atoms with Crippen LogP contribution in [-0.4, -0.2) is 16.7 Å². The van der Waals surface area contributed by atoms with Crippen LogP contribution in [0.15, 0.2) is 15.4 Å². The smallest absolute Gasteiger partial charge is 0.264 e. The highest BCUT2D eigenvalue weighted by molar-refractivity contribution is 9.10. The highest BCUT2D eigenvalue weighted by Crippen LogP contribution is 2.09. The largest absolute Gasteiger partial charge is 0.436 e. The summed E-state index contributed by atoms with van der Waals surface area (Å²) in [5, 5.41) is 8.43. The molecule has 4 heteroatoms. The Kier molecular flexibility index (Phi) is 2.24. The van der Waals surface area contributed by atoms with Gasteiger partial charge >= 0.3 is 0 Å². The van der Waals surface area contributed by atoms with Crippen molar-refractivity contribution in [3.05, 3.63) is 16.8 Å². The molecule has 0 saturated heterocycles. The molecule has 1 aromatic heterocycles. The molecule has 0 bridgehead atoms. The Bertz CT molecular complexity index is 187. The summed E-state index contributed by atoms with van der Waals surface area (Å²) >= 11 is 3.04. The monoisotopic (exact) mass is 191 g/mol. The molecule has 0 spiro atoms. The fourth-order valence-corrected chi connectivity index (χ4v) is 0.820. The summed E-state index contributed by atoms with van der Waals surface area (Å²) < 4.78 is 4.97. The topological polar surface area (TPSA) is 46.3 Å². The van der Waals surface area contributed by atoms with Crippen molar-refractivity contribution in [3.63, 3.8) is 0 Å². The summed E-state index contributed by atoms with van der Waals surface area (Å²) in [6, 6.07) is 0. The molecule has 0 amide bonds. The van der Waals surface area contributed by atoms with E-state index in [1.54, 1.807) is 6.20 Å². The van der Waals surface area contributed by atoms with Crippen molar-refractivity contribution in [1.82, 2.24) is 4.98 Å². The van der Waals surface area contributed by atoms with E-state index in [0.717, 1.165) is 0 Å². The second-order valence-electron chi connectivity index (χ2n) is 1.55. The van der Waals surface area contributed by atoms with Crippen LogP contribution in [0.4, 0.5) is 0 Å². The summed E-state index contributed by atoms with van der Waals surface area (Å²) in [6.45, 7) is 0.0988. The van der Waals surface area contributed by atoms with Gasteiger partial charge in [0.2, 0.25) is 0 Å². The molecular weight excluding hydrogens is 186 g/mol. The van der Waals surface area contributed by atoms with Crippen LogP contribution in [0.2, 0.25) is 0 Å². The maximum absolute atomic E-state index is 8.43. The van der Waals surface area contributed by atoms with Gasteiger partial charge in [-0.3, -0.25) is 0 Å². The van der Waals surface area contributed by atoms with Gasteiger partial charge in [-0.15, -0.1) is 0 Å². The van der Waals surface area contributed by atoms with Crippen LogP contribution >= 0.6 is 15.9 Å². The Morgan fingerprint density at radius 1 is 1.78 bits per heavy atom. The van der Waals surface area contributed by atoms with Gasteiger partial charge in [0.1, 0.15) is 5.76 Å². The lowest BCUT2D eigenvalue weighted by Crippen LogP contribution is -1.85. The molecule has 0 aliphatic rings. The molecule has 50 valence electrons. The Labute approximate surface area is 60.8 Å². The van der Waals surface area contributed by atoms with Gasteiger partial charge in [-0.05, 0) is 0 Å². The molecule has 0 atom stereocenters. The molecule has 0 fully saturated rings. The predicted molar refractivity (Wildman–Crippen MR) is 35.0 cm³/mol.